The van der Waals surface area contributed by atoms with E-state index in [0.29, 0.717) is 13.0 Å². The maximum Gasteiger partial charge on any atom is 0.219 e. The molecule has 0 spiro atoms. The number of rotatable bonds is 11. The summed E-state index contributed by atoms with van der Waals surface area (Å²) in [6, 6.07) is 14.6. The number of hydrogen-bond acceptors (Lipinski definition) is 3. The van der Waals surface area contributed by atoms with Crippen LogP contribution in [0.2, 0.25) is 0 Å². The van der Waals surface area contributed by atoms with Gasteiger partial charge in [0.15, 0.2) is 0 Å². The summed E-state index contributed by atoms with van der Waals surface area (Å²) in [7, 11) is 0. The summed E-state index contributed by atoms with van der Waals surface area (Å²) in [6.45, 7) is 8.20. The van der Waals surface area contributed by atoms with Crippen LogP contribution in [-0.4, -0.2) is 28.6 Å². The van der Waals surface area contributed by atoms with E-state index in [0.717, 1.165) is 61.4 Å². The number of hydrogen-bond donors (Lipinski definition) is 1. The summed E-state index contributed by atoms with van der Waals surface area (Å²) < 4.78 is 8.36. The number of aromatic nitrogens is 2. The Bertz CT molecular complexity index is 978. The van der Waals surface area contributed by atoms with Gasteiger partial charge in [-0.3, -0.25) is 4.79 Å². The van der Waals surface area contributed by atoms with Crippen molar-refractivity contribution in [2.75, 3.05) is 13.2 Å². The number of nitrogens with zero attached hydrogens (tertiary/aromatic N) is 2. The van der Waals surface area contributed by atoms with Crippen LogP contribution < -0.4 is 10.1 Å². The van der Waals surface area contributed by atoms with Crippen molar-refractivity contribution in [1.82, 2.24) is 14.9 Å². The molecule has 0 atom stereocenters. The summed E-state index contributed by atoms with van der Waals surface area (Å²) in [6.07, 6.45) is 4.62. The Morgan fingerprint density at radius 3 is 2.73 bits per heavy atom. The van der Waals surface area contributed by atoms with E-state index >= 15 is 0 Å². The lowest BCUT2D eigenvalue weighted by Gasteiger charge is -2.13. The fourth-order valence-electron chi connectivity index (χ4n) is 3.71. The molecule has 1 amide bonds. The van der Waals surface area contributed by atoms with Gasteiger partial charge in [-0.2, -0.15) is 0 Å². The third-order valence-corrected chi connectivity index (χ3v) is 5.36. The highest BCUT2D eigenvalue weighted by Gasteiger charge is 2.11. The molecule has 1 heterocycles. The zero-order valence-electron chi connectivity index (χ0n) is 18.4. The molecule has 0 fully saturated rings. The molecule has 1 N–H and O–H groups in total. The van der Waals surface area contributed by atoms with Crippen molar-refractivity contribution in [2.24, 2.45) is 0 Å². The Morgan fingerprint density at radius 2 is 1.93 bits per heavy atom. The number of imidazole rings is 1. The summed E-state index contributed by atoms with van der Waals surface area (Å²) in [5.74, 6) is 2.18. The SMILES string of the molecule is CCC(=O)NCCCCCc1nc2ccccc2n1CCOc1ccc(C)cc1C. The summed E-state index contributed by atoms with van der Waals surface area (Å²) in [5.41, 5.74) is 4.61. The number of para-hydroxylation sites is 2. The largest absolute Gasteiger partial charge is 0.491 e. The molecule has 0 saturated heterocycles. The van der Waals surface area contributed by atoms with Crippen LogP contribution in [-0.2, 0) is 17.8 Å². The highest BCUT2D eigenvalue weighted by molar-refractivity contribution is 5.76. The van der Waals surface area contributed by atoms with Crippen molar-refractivity contribution in [3.05, 3.63) is 59.4 Å². The van der Waals surface area contributed by atoms with Gasteiger partial charge in [0.1, 0.15) is 18.2 Å². The van der Waals surface area contributed by atoms with Gasteiger partial charge in [0.05, 0.1) is 17.6 Å². The van der Waals surface area contributed by atoms with Crippen molar-refractivity contribution in [3.8, 4) is 5.75 Å². The number of ether oxygens (including phenoxy) is 1. The average molecular weight is 408 g/mol. The third-order valence-electron chi connectivity index (χ3n) is 5.36. The molecular weight excluding hydrogens is 374 g/mol. The fourth-order valence-corrected chi connectivity index (χ4v) is 3.71. The van der Waals surface area contributed by atoms with Crippen LogP contribution in [0.3, 0.4) is 0 Å². The van der Waals surface area contributed by atoms with Crippen LogP contribution >= 0.6 is 0 Å². The lowest BCUT2D eigenvalue weighted by molar-refractivity contribution is -0.120. The molecule has 0 aliphatic carbocycles. The number of fused-ring (bicyclic) bond motifs is 1. The second kappa shape index (κ2) is 10.8. The predicted molar refractivity (Wildman–Crippen MR) is 122 cm³/mol. The summed E-state index contributed by atoms with van der Waals surface area (Å²) in [5, 5.41) is 2.94. The lowest BCUT2D eigenvalue weighted by Crippen LogP contribution is -2.23. The second-order valence-corrected chi connectivity index (χ2v) is 7.80. The van der Waals surface area contributed by atoms with Gasteiger partial charge in [-0.15, -0.1) is 0 Å². The Hall–Kier alpha value is -2.82. The van der Waals surface area contributed by atoms with Crippen LogP contribution in [0.15, 0.2) is 42.5 Å². The van der Waals surface area contributed by atoms with Gasteiger partial charge in [0.2, 0.25) is 5.91 Å². The molecule has 0 saturated carbocycles. The Kier molecular flexibility index (Phi) is 7.89. The van der Waals surface area contributed by atoms with Crippen LogP contribution in [0.25, 0.3) is 11.0 Å². The van der Waals surface area contributed by atoms with Crippen LogP contribution in [0, 0.1) is 13.8 Å². The quantitative estimate of drug-likeness (QED) is 0.457. The summed E-state index contributed by atoms with van der Waals surface area (Å²) in [4.78, 5) is 16.2. The standard InChI is InChI=1S/C25H33N3O2/c1-4-25(29)26-15-9-5-6-12-24-27-21-10-7-8-11-22(21)28(24)16-17-30-23-14-13-19(2)18-20(23)3/h7-8,10-11,13-14,18H,4-6,9,12,15-17H2,1-3H3,(H,26,29). The Balaban J connectivity index is 1.58. The molecule has 2 aromatic carbocycles. The second-order valence-electron chi connectivity index (χ2n) is 7.80. The van der Waals surface area contributed by atoms with Gasteiger partial charge >= 0.3 is 0 Å². The average Bonchev–Trinajstić information content (AvgIpc) is 3.09. The first-order chi connectivity index (χ1) is 14.6. The van der Waals surface area contributed by atoms with Crippen molar-refractivity contribution in [2.45, 2.75) is 59.4 Å². The van der Waals surface area contributed by atoms with Crippen LogP contribution in [0.4, 0.5) is 0 Å². The molecule has 3 aromatic rings. The molecule has 5 nitrogen and oxygen atoms in total. The normalized spacial score (nSPS) is 11.0. The highest BCUT2D eigenvalue weighted by atomic mass is 16.5. The molecule has 3 rings (SSSR count). The Morgan fingerprint density at radius 1 is 1.10 bits per heavy atom. The number of carbonyl (C=O) groups is 1. The van der Waals surface area contributed by atoms with Gasteiger partial charge in [-0.1, -0.05) is 43.2 Å². The number of benzene rings is 2. The number of carbonyl (C=O) groups excluding carboxylic acids is 1. The monoisotopic (exact) mass is 407 g/mol. The van der Waals surface area contributed by atoms with E-state index < -0.39 is 0 Å². The first-order valence-electron chi connectivity index (χ1n) is 11.0. The van der Waals surface area contributed by atoms with E-state index in [2.05, 4.69) is 60.1 Å². The van der Waals surface area contributed by atoms with Crippen LogP contribution in [0.5, 0.6) is 5.75 Å². The van der Waals surface area contributed by atoms with E-state index in [9.17, 15) is 4.79 Å². The first kappa shape index (κ1) is 21.9. The van der Waals surface area contributed by atoms with Gasteiger partial charge in [-0.05, 0) is 50.5 Å². The van der Waals surface area contributed by atoms with E-state index in [-0.39, 0.29) is 5.91 Å². The summed E-state index contributed by atoms with van der Waals surface area (Å²) >= 11 is 0. The van der Waals surface area contributed by atoms with Crippen molar-refractivity contribution >= 4 is 16.9 Å². The zero-order valence-corrected chi connectivity index (χ0v) is 18.4. The van der Waals surface area contributed by atoms with Crippen molar-refractivity contribution < 1.29 is 9.53 Å². The predicted octanol–water partition coefficient (Wildman–Crippen LogP) is 4.97. The smallest absolute Gasteiger partial charge is 0.219 e. The molecule has 1 aromatic heterocycles. The highest BCUT2D eigenvalue weighted by Crippen LogP contribution is 2.20. The minimum absolute atomic E-state index is 0.126. The van der Waals surface area contributed by atoms with Gasteiger partial charge < -0.3 is 14.6 Å². The van der Waals surface area contributed by atoms with E-state index in [4.69, 9.17) is 9.72 Å². The maximum atomic E-state index is 11.3. The molecule has 0 aliphatic heterocycles. The fraction of sp³-hybridized carbons (Fsp3) is 0.440. The zero-order chi connectivity index (χ0) is 21.3. The lowest BCUT2D eigenvalue weighted by atomic mass is 10.1. The van der Waals surface area contributed by atoms with Crippen LogP contribution in [0.1, 0.15) is 49.6 Å². The maximum absolute atomic E-state index is 11.3. The number of nitrogens with one attached hydrogen (secondary N) is 1. The number of aryl methyl sites for hydroxylation is 3. The molecule has 0 radical (unpaired) electrons. The number of amides is 1. The van der Waals surface area contributed by atoms with Gasteiger partial charge in [0.25, 0.3) is 0 Å². The van der Waals surface area contributed by atoms with Gasteiger partial charge in [-0.25, -0.2) is 4.98 Å². The Labute approximate surface area is 179 Å². The van der Waals surface area contributed by atoms with Crippen molar-refractivity contribution in [1.29, 1.82) is 0 Å². The molecule has 5 heteroatoms. The van der Waals surface area contributed by atoms with E-state index in [1.807, 2.05) is 13.0 Å². The van der Waals surface area contributed by atoms with Gasteiger partial charge in [0, 0.05) is 19.4 Å². The molecule has 0 unspecified atom stereocenters. The molecule has 0 bridgehead atoms. The van der Waals surface area contributed by atoms with E-state index in [1.54, 1.807) is 0 Å². The number of unbranched alkanes of at least 4 members (excludes halogenated alkanes) is 2. The molecule has 30 heavy (non-hydrogen) atoms. The third kappa shape index (κ3) is 5.85. The molecular formula is C25H33N3O2. The molecule has 0 aliphatic rings. The van der Waals surface area contributed by atoms with E-state index in [1.165, 1.54) is 11.1 Å². The minimum Gasteiger partial charge on any atom is -0.491 e. The minimum atomic E-state index is 0.126. The topological polar surface area (TPSA) is 56.2 Å². The molecule has 160 valence electrons. The first-order valence-corrected chi connectivity index (χ1v) is 11.0. The van der Waals surface area contributed by atoms with Crippen molar-refractivity contribution in [3.63, 3.8) is 0 Å².